The lowest BCUT2D eigenvalue weighted by Crippen LogP contribution is -2.29. The minimum Gasteiger partial charge on any atom is -0.342 e. The summed E-state index contributed by atoms with van der Waals surface area (Å²) in [6.07, 6.45) is 3.82. The van der Waals surface area contributed by atoms with Crippen molar-refractivity contribution in [1.82, 2.24) is 9.47 Å². The number of hydrogen-bond donors (Lipinski definition) is 0. The second-order valence-electron chi connectivity index (χ2n) is 5.98. The van der Waals surface area contributed by atoms with Crippen LogP contribution in [-0.2, 0) is 16.1 Å². The lowest BCUT2D eigenvalue weighted by atomic mass is 10.3. The van der Waals surface area contributed by atoms with Gasteiger partial charge in [-0.25, -0.2) is 4.39 Å². The van der Waals surface area contributed by atoms with E-state index < -0.39 is 0 Å². The molecule has 5 nitrogen and oxygen atoms in total. The van der Waals surface area contributed by atoms with Gasteiger partial charge in [0.2, 0.25) is 5.91 Å². The van der Waals surface area contributed by atoms with E-state index in [1.165, 1.54) is 35.2 Å². The zero-order valence-corrected chi connectivity index (χ0v) is 16.0. The van der Waals surface area contributed by atoms with E-state index >= 15 is 0 Å². The SMILES string of the molecule is C=CCn1c(=NC(=O)CSCC(=O)N2CCCC2)sc2cc(F)ccc21. The zero-order chi connectivity index (χ0) is 18.5. The molecule has 1 aliphatic heterocycles. The van der Waals surface area contributed by atoms with Gasteiger partial charge in [0.25, 0.3) is 5.91 Å². The van der Waals surface area contributed by atoms with Crippen molar-refractivity contribution >= 4 is 45.1 Å². The predicted molar refractivity (Wildman–Crippen MR) is 104 cm³/mol. The number of nitrogens with zero attached hydrogens (tertiary/aromatic N) is 3. The van der Waals surface area contributed by atoms with Crippen LogP contribution in [0.3, 0.4) is 0 Å². The number of halogens is 1. The van der Waals surface area contributed by atoms with Crippen LogP contribution in [0.15, 0.2) is 35.8 Å². The Morgan fingerprint density at radius 2 is 2.08 bits per heavy atom. The summed E-state index contributed by atoms with van der Waals surface area (Å²) in [7, 11) is 0. The largest absolute Gasteiger partial charge is 0.342 e. The van der Waals surface area contributed by atoms with Crippen LogP contribution in [0, 0.1) is 5.82 Å². The van der Waals surface area contributed by atoms with Crippen molar-refractivity contribution in [2.45, 2.75) is 19.4 Å². The van der Waals surface area contributed by atoms with Crippen LogP contribution in [0.25, 0.3) is 10.2 Å². The van der Waals surface area contributed by atoms with Crippen LogP contribution in [0.2, 0.25) is 0 Å². The van der Waals surface area contributed by atoms with Gasteiger partial charge < -0.3 is 9.47 Å². The monoisotopic (exact) mass is 393 g/mol. The molecule has 0 N–H and O–H groups in total. The van der Waals surface area contributed by atoms with Crippen LogP contribution in [0.5, 0.6) is 0 Å². The fraction of sp³-hybridized carbons (Fsp3) is 0.389. The molecule has 2 amide bonds. The van der Waals surface area contributed by atoms with Gasteiger partial charge in [-0.05, 0) is 31.0 Å². The van der Waals surface area contributed by atoms with E-state index in [4.69, 9.17) is 0 Å². The minimum atomic E-state index is -0.321. The van der Waals surface area contributed by atoms with Gasteiger partial charge in [-0.2, -0.15) is 4.99 Å². The van der Waals surface area contributed by atoms with Gasteiger partial charge in [0.1, 0.15) is 5.82 Å². The lowest BCUT2D eigenvalue weighted by molar-refractivity contribution is -0.127. The van der Waals surface area contributed by atoms with Crippen LogP contribution < -0.4 is 4.80 Å². The lowest BCUT2D eigenvalue weighted by Gasteiger charge is -2.14. The molecule has 1 fully saturated rings. The van der Waals surface area contributed by atoms with Crippen LogP contribution in [0.1, 0.15) is 12.8 Å². The van der Waals surface area contributed by atoms with Gasteiger partial charge in [-0.15, -0.1) is 18.3 Å². The molecule has 0 spiro atoms. The summed E-state index contributed by atoms with van der Waals surface area (Å²) >= 11 is 2.55. The number of amides is 2. The Morgan fingerprint density at radius 3 is 2.81 bits per heavy atom. The topological polar surface area (TPSA) is 54.7 Å². The van der Waals surface area contributed by atoms with E-state index in [1.807, 2.05) is 9.47 Å². The van der Waals surface area contributed by atoms with Crippen LogP contribution >= 0.6 is 23.1 Å². The number of thioether (sulfide) groups is 1. The van der Waals surface area contributed by atoms with E-state index in [0.29, 0.717) is 17.1 Å². The Morgan fingerprint density at radius 1 is 1.31 bits per heavy atom. The van der Waals surface area contributed by atoms with Crippen molar-refractivity contribution in [2.75, 3.05) is 24.6 Å². The summed E-state index contributed by atoms with van der Waals surface area (Å²) in [5, 5.41) is 0. The average molecular weight is 394 g/mol. The molecule has 2 aromatic rings. The van der Waals surface area contributed by atoms with E-state index in [1.54, 1.807) is 12.1 Å². The first kappa shape index (κ1) is 18.8. The number of fused-ring (bicyclic) bond motifs is 1. The normalized spacial score (nSPS) is 15.0. The van der Waals surface area contributed by atoms with Gasteiger partial charge >= 0.3 is 0 Å². The molecule has 26 heavy (non-hydrogen) atoms. The van der Waals surface area contributed by atoms with Gasteiger partial charge in [0.15, 0.2) is 4.80 Å². The minimum absolute atomic E-state index is 0.0827. The Bertz CT molecular complexity index is 897. The smallest absolute Gasteiger partial charge is 0.258 e. The van der Waals surface area contributed by atoms with E-state index in [-0.39, 0.29) is 23.4 Å². The summed E-state index contributed by atoms with van der Waals surface area (Å²) in [5.74, 6) is -0.0891. The number of likely N-dealkylation sites (tertiary alicyclic amines) is 1. The van der Waals surface area contributed by atoms with Gasteiger partial charge in [0, 0.05) is 19.6 Å². The van der Waals surface area contributed by atoms with Crippen LogP contribution in [-0.4, -0.2) is 45.9 Å². The van der Waals surface area contributed by atoms with Gasteiger partial charge in [0.05, 0.1) is 21.7 Å². The maximum absolute atomic E-state index is 13.4. The molecule has 1 aliphatic rings. The quantitative estimate of drug-likeness (QED) is 0.709. The zero-order valence-electron chi connectivity index (χ0n) is 14.3. The fourth-order valence-corrected chi connectivity index (χ4v) is 4.64. The van der Waals surface area contributed by atoms with Crippen molar-refractivity contribution < 1.29 is 14.0 Å². The summed E-state index contributed by atoms with van der Waals surface area (Å²) in [4.78, 5) is 30.7. The van der Waals surface area contributed by atoms with E-state index in [9.17, 15) is 14.0 Å². The Labute approximate surface area is 159 Å². The highest BCUT2D eigenvalue weighted by molar-refractivity contribution is 8.00. The van der Waals surface area contributed by atoms with Gasteiger partial charge in [-0.1, -0.05) is 17.4 Å². The fourth-order valence-electron chi connectivity index (χ4n) is 2.86. The second-order valence-corrected chi connectivity index (χ2v) is 7.98. The molecular formula is C18H20FN3O2S2. The molecule has 1 aromatic carbocycles. The summed E-state index contributed by atoms with van der Waals surface area (Å²) < 4.78 is 16.0. The van der Waals surface area contributed by atoms with Crippen molar-refractivity contribution in [3.05, 3.63) is 41.5 Å². The molecule has 138 valence electrons. The molecule has 3 rings (SSSR count). The van der Waals surface area contributed by atoms with Crippen molar-refractivity contribution in [2.24, 2.45) is 4.99 Å². The number of benzene rings is 1. The molecule has 1 saturated heterocycles. The molecule has 0 atom stereocenters. The van der Waals surface area contributed by atoms with Crippen molar-refractivity contribution in [1.29, 1.82) is 0 Å². The summed E-state index contributed by atoms with van der Waals surface area (Å²) in [6, 6.07) is 4.50. The highest BCUT2D eigenvalue weighted by Gasteiger charge is 2.17. The molecule has 0 aliphatic carbocycles. The molecule has 0 bridgehead atoms. The Hall–Kier alpha value is -1.93. The second kappa shape index (κ2) is 8.64. The van der Waals surface area contributed by atoms with Crippen molar-refractivity contribution in [3.63, 3.8) is 0 Å². The molecule has 2 heterocycles. The molecule has 0 saturated carbocycles. The number of allylic oxidation sites excluding steroid dienone is 1. The highest BCUT2D eigenvalue weighted by atomic mass is 32.2. The number of carbonyl (C=O) groups excluding carboxylic acids is 2. The molecule has 8 heteroatoms. The molecule has 0 unspecified atom stereocenters. The van der Waals surface area contributed by atoms with E-state index in [2.05, 4.69) is 11.6 Å². The average Bonchev–Trinajstić information content (AvgIpc) is 3.24. The van der Waals surface area contributed by atoms with Crippen LogP contribution in [0.4, 0.5) is 4.39 Å². The number of carbonyl (C=O) groups is 2. The Kier molecular flexibility index (Phi) is 6.26. The number of rotatable bonds is 6. The van der Waals surface area contributed by atoms with Crippen molar-refractivity contribution in [3.8, 4) is 0 Å². The third-order valence-corrected chi connectivity index (χ3v) is 6.03. The third kappa shape index (κ3) is 4.42. The third-order valence-electron chi connectivity index (χ3n) is 4.09. The highest BCUT2D eigenvalue weighted by Crippen LogP contribution is 2.19. The first-order chi connectivity index (χ1) is 12.6. The predicted octanol–water partition coefficient (Wildman–Crippen LogP) is 2.81. The van der Waals surface area contributed by atoms with E-state index in [0.717, 1.165) is 36.1 Å². The molecule has 0 radical (unpaired) electrons. The maximum atomic E-state index is 13.4. The maximum Gasteiger partial charge on any atom is 0.258 e. The molecule has 1 aromatic heterocycles. The summed E-state index contributed by atoms with van der Waals surface area (Å²) in [5.41, 5.74) is 0.819. The Balaban J connectivity index is 1.69. The number of thiazole rings is 1. The standard InChI is InChI=1S/C18H20FN3O2S2/c1-2-7-22-14-6-5-13(19)10-15(14)26-18(22)20-16(23)11-25-12-17(24)21-8-3-4-9-21/h2,5-6,10H,1,3-4,7-9,11-12H2. The first-order valence-corrected chi connectivity index (χ1v) is 10.4. The summed E-state index contributed by atoms with van der Waals surface area (Å²) in [6.45, 7) is 5.84. The first-order valence-electron chi connectivity index (χ1n) is 8.41. The number of hydrogen-bond acceptors (Lipinski definition) is 4. The van der Waals surface area contributed by atoms with Gasteiger partial charge in [-0.3, -0.25) is 9.59 Å². The molecular weight excluding hydrogens is 373 g/mol. The number of aromatic nitrogens is 1.